The molecule has 1 aromatic heterocycles. The molecular weight excluding hydrogens is 309 g/mol. The van der Waals surface area contributed by atoms with E-state index in [-0.39, 0.29) is 6.04 Å². The maximum atomic E-state index is 13.3. The number of halogens is 3. The van der Waals surface area contributed by atoms with E-state index in [1.807, 2.05) is 14.0 Å². The van der Waals surface area contributed by atoms with E-state index in [4.69, 9.17) is 0 Å². The molecule has 1 saturated carbocycles. The highest BCUT2D eigenvalue weighted by Gasteiger charge is 2.40. The van der Waals surface area contributed by atoms with Crippen molar-refractivity contribution >= 4 is 5.91 Å². The zero-order chi connectivity index (χ0) is 17.4. The van der Waals surface area contributed by atoms with Crippen LogP contribution < -0.4 is 5.32 Å². The first-order chi connectivity index (χ1) is 10.6. The molecule has 5 nitrogen and oxygen atoms in total. The quantitative estimate of drug-likeness (QED) is 0.871. The van der Waals surface area contributed by atoms with E-state index >= 15 is 0 Å². The molecule has 0 aliphatic heterocycles. The average molecular weight is 332 g/mol. The summed E-state index contributed by atoms with van der Waals surface area (Å²) >= 11 is 0. The van der Waals surface area contributed by atoms with Gasteiger partial charge in [0.15, 0.2) is 5.69 Å². The zero-order valence-corrected chi connectivity index (χ0v) is 13.8. The molecule has 1 unspecified atom stereocenters. The van der Waals surface area contributed by atoms with Crippen LogP contribution in [0.5, 0.6) is 0 Å². The minimum atomic E-state index is -4.62. The number of hydrogen-bond acceptors (Lipinski definition) is 3. The summed E-state index contributed by atoms with van der Waals surface area (Å²) in [7, 11) is 1.96. The standard InChI is InChI=1S/C15H23F3N4O/c1-9(2)22-13(15(16,17)18)12(8-20-22)14(23)19-7-10(3)21(4)11-5-6-11/h8-11H,5-7H2,1-4H3,(H,19,23). The van der Waals surface area contributed by atoms with E-state index in [1.165, 1.54) is 0 Å². The van der Waals surface area contributed by atoms with Crippen molar-refractivity contribution < 1.29 is 18.0 Å². The van der Waals surface area contributed by atoms with Gasteiger partial charge in [-0.3, -0.25) is 14.4 Å². The molecule has 1 amide bonds. The molecule has 0 saturated heterocycles. The van der Waals surface area contributed by atoms with Crippen LogP contribution in [-0.2, 0) is 6.18 Å². The Morgan fingerprint density at radius 2 is 2.04 bits per heavy atom. The van der Waals surface area contributed by atoms with Crippen LogP contribution in [0.2, 0.25) is 0 Å². The number of likely N-dealkylation sites (N-methyl/N-ethyl adjacent to an activating group) is 1. The van der Waals surface area contributed by atoms with E-state index in [0.29, 0.717) is 12.6 Å². The molecule has 23 heavy (non-hydrogen) atoms. The summed E-state index contributed by atoms with van der Waals surface area (Å²) in [6.45, 7) is 5.43. The fraction of sp³-hybridized carbons (Fsp3) is 0.733. The van der Waals surface area contributed by atoms with Crippen LogP contribution in [0, 0.1) is 0 Å². The Morgan fingerprint density at radius 1 is 1.43 bits per heavy atom. The Kier molecular flexibility index (Phi) is 5.03. The third-order valence-corrected chi connectivity index (χ3v) is 4.17. The second kappa shape index (κ2) is 6.51. The lowest BCUT2D eigenvalue weighted by atomic mass is 10.2. The third kappa shape index (κ3) is 4.04. The van der Waals surface area contributed by atoms with Crippen LogP contribution in [0.15, 0.2) is 6.20 Å². The molecule has 1 fully saturated rings. The number of alkyl halides is 3. The highest BCUT2D eigenvalue weighted by molar-refractivity contribution is 5.95. The van der Waals surface area contributed by atoms with Gasteiger partial charge in [0.2, 0.25) is 0 Å². The van der Waals surface area contributed by atoms with Crippen molar-refractivity contribution in [1.29, 1.82) is 0 Å². The van der Waals surface area contributed by atoms with Crippen LogP contribution in [0.1, 0.15) is 55.7 Å². The molecule has 1 aromatic rings. The van der Waals surface area contributed by atoms with Crippen molar-refractivity contribution in [3.63, 3.8) is 0 Å². The SMILES string of the molecule is CC(CNC(=O)c1cnn(C(C)C)c1C(F)(F)F)N(C)C1CC1. The fourth-order valence-electron chi connectivity index (χ4n) is 2.52. The number of amides is 1. The highest BCUT2D eigenvalue weighted by atomic mass is 19.4. The van der Waals surface area contributed by atoms with Gasteiger partial charge >= 0.3 is 6.18 Å². The van der Waals surface area contributed by atoms with Crippen molar-refractivity contribution in [1.82, 2.24) is 20.0 Å². The van der Waals surface area contributed by atoms with Crippen LogP contribution in [0.25, 0.3) is 0 Å². The monoisotopic (exact) mass is 332 g/mol. The van der Waals surface area contributed by atoms with E-state index in [9.17, 15) is 18.0 Å². The van der Waals surface area contributed by atoms with Gasteiger partial charge in [0.05, 0.1) is 11.8 Å². The Hall–Kier alpha value is -1.57. The highest BCUT2D eigenvalue weighted by Crippen LogP contribution is 2.33. The van der Waals surface area contributed by atoms with Gasteiger partial charge in [-0.25, -0.2) is 0 Å². The van der Waals surface area contributed by atoms with E-state index in [2.05, 4.69) is 15.3 Å². The lowest BCUT2D eigenvalue weighted by Gasteiger charge is -2.24. The molecule has 1 atom stereocenters. The van der Waals surface area contributed by atoms with E-state index in [1.54, 1.807) is 13.8 Å². The maximum absolute atomic E-state index is 13.3. The molecule has 1 N–H and O–H groups in total. The lowest BCUT2D eigenvalue weighted by Crippen LogP contribution is -2.41. The summed E-state index contributed by atoms with van der Waals surface area (Å²) < 4.78 is 40.6. The third-order valence-electron chi connectivity index (χ3n) is 4.17. The maximum Gasteiger partial charge on any atom is 0.433 e. The lowest BCUT2D eigenvalue weighted by molar-refractivity contribution is -0.145. The largest absolute Gasteiger partial charge is 0.433 e. The topological polar surface area (TPSA) is 50.2 Å². The molecule has 1 aliphatic rings. The Morgan fingerprint density at radius 3 is 2.52 bits per heavy atom. The molecule has 0 spiro atoms. The molecule has 0 radical (unpaired) electrons. The number of carbonyl (C=O) groups excluding carboxylic acids is 1. The fourth-order valence-corrected chi connectivity index (χ4v) is 2.52. The van der Waals surface area contributed by atoms with Gasteiger partial charge < -0.3 is 5.32 Å². The Balaban J connectivity index is 2.10. The minimum Gasteiger partial charge on any atom is -0.350 e. The smallest absolute Gasteiger partial charge is 0.350 e. The van der Waals surface area contributed by atoms with E-state index < -0.39 is 29.4 Å². The number of nitrogens with zero attached hydrogens (tertiary/aromatic N) is 3. The molecule has 1 heterocycles. The van der Waals surface area contributed by atoms with Crippen molar-refractivity contribution in [2.75, 3.05) is 13.6 Å². The van der Waals surface area contributed by atoms with Gasteiger partial charge in [0.25, 0.3) is 5.91 Å². The van der Waals surface area contributed by atoms with Crippen molar-refractivity contribution in [3.8, 4) is 0 Å². The molecule has 0 aromatic carbocycles. The first-order valence-corrected chi connectivity index (χ1v) is 7.77. The molecule has 1 aliphatic carbocycles. The molecule has 2 rings (SSSR count). The number of carbonyl (C=O) groups is 1. The van der Waals surface area contributed by atoms with Crippen molar-refractivity contribution in [3.05, 3.63) is 17.5 Å². The van der Waals surface area contributed by atoms with Gasteiger partial charge in [-0.1, -0.05) is 0 Å². The second-order valence-corrected chi connectivity index (χ2v) is 6.40. The molecule has 8 heteroatoms. The van der Waals surface area contributed by atoms with Crippen molar-refractivity contribution in [2.45, 2.75) is 57.9 Å². The summed E-state index contributed by atoms with van der Waals surface area (Å²) in [4.78, 5) is 14.3. The minimum absolute atomic E-state index is 0.0703. The summed E-state index contributed by atoms with van der Waals surface area (Å²) in [5.74, 6) is -0.736. The first-order valence-electron chi connectivity index (χ1n) is 7.77. The normalized spacial score (nSPS) is 16.9. The second-order valence-electron chi connectivity index (χ2n) is 6.40. The Bertz CT molecular complexity index is 564. The number of nitrogens with one attached hydrogen (secondary N) is 1. The number of hydrogen-bond donors (Lipinski definition) is 1. The van der Waals surface area contributed by atoms with Gasteiger partial charge in [-0.05, 0) is 40.7 Å². The summed E-state index contributed by atoms with van der Waals surface area (Å²) in [6.07, 6.45) is -1.36. The zero-order valence-electron chi connectivity index (χ0n) is 13.8. The van der Waals surface area contributed by atoms with Crippen LogP contribution in [0.3, 0.4) is 0 Å². The van der Waals surface area contributed by atoms with Gasteiger partial charge in [-0.15, -0.1) is 0 Å². The first kappa shape index (κ1) is 17.8. The van der Waals surface area contributed by atoms with Crippen LogP contribution in [-0.4, -0.2) is 46.3 Å². The molecule has 0 bridgehead atoms. The molecular formula is C15H23F3N4O. The Labute approximate surface area is 133 Å². The van der Waals surface area contributed by atoms with E-state index in [0.717, 1.165) is 23.7 Å². The average Bonchev–Trinajstić information content (AvgIpc) is 3.19. The predicted molar refractivity (Wildman–Crippen MR) is 80.2 cm³/mol. The summed E-state index contributed by atoms with van der Waals surface area (Å²) in [5.41, 5.74) is -1.42. The predicted octanol–water partition coefficient (Wildman–Crippen LogP) is 2.70. The number of rotatable bonds is 6. The van der Waals surface area contributed by atoms with Gasteiger partial charge in [0, 0.05) is 24.7 Å². The van der Waals surface area contributed by atoms with Crippen LogP contribution in [0.4, 0.5) is 13.2 Å². The van der Waals surface area contributed by atoms with Crippen LogP contribution >= 0.6 is 0 Å². The van der Waals surface area contributed by atoms with Gasteiger partial charge in [0.1, 0.15) is 0 Å². The summed E-state index contributed by atoms with van der Waals surface area (Å²) in [5, 5.41) is 6.32. The summed E-state index contributed by atoms with van der Waals surface area (Å²) in [6, 6.07) is 0.116. The molecule has 130 valence electrons. The number of aromatic nitrogens is 2. The van der Waals surface area contributed by atoms with Gasteiger partial charge in [-0.2, -0.15) is 18.3 Å². The van der Waals surface area contributed by atoms with Crippen molar-refractivity contribution in [2.24, 2.45) is 0 Å².